The predicted molar refractivity (Wildman–Crippen MR) is 43.7 cm³/mol. The lowest BCUT2D eigenvalue weighted by Gasteiger charge is -1.81. The van der Waals surface area contributed by atoms with Gasteiger partial charge in [0.2, 0.25) is 0 Å². The van der Waals surface area contributed by atoms with Gasteiger partial charge in [-0.25, -0.2) is 0 Å². The lowest BCUT2D eigenvalue weighted by molar-refractivity contribution is 0.312. The Morgan fingerprint density at radius 2 is 2.08 bits per heavy atom. The third-order valence-corrected chi connectivity index (χ3v) is 1.35. The van der Waals surface area contributed by atoms with E-state index in [4.69, 9.17) is 10.1 Å². The standard InChI is InChI=1S/C7H6N2.HNO2/c1-2-4-7-6(3-1)5-8-9-7;2-1-3/h1-5H,(H,8,9);(H,2,3). The Labute approximate surface area is 68.0 Å². The molecule has 0 aliphatic rings. The molecular formula is C7H7N3O2. The van der Waals surface area contributed by atoms with Gasteiger partial charge in [-0.1, -0.05) is 18.2 Å². The second-order valence-electron chi connectivity index (χ2n) is 2.04. The van der Waals surface area contributed by atoms with Crippen LogP contribution in [0, 0.1) is 4.91 Å². The number of H-pyrrole nitrogens is 1. The number of hydrogen-bond acceptors (Lipinski definition) is 3. The SMILES string of the molecule is O=NO.c1ccc2[nH]ncc2c1. The molecule has 62 valence electrons. The van der Waals surface area contributed by atoms with Crippen LogP contribution >= 0.6 is 0 Å². The summed E-state index contributed by atoms with van der Waals surface area (Å²) >= 11 is 0. The molecule has 2 aromatic rings. The van der Waals surface area contributed by atoms with Crippen molar-refractivity contribution in [2.75, 3.05) is 0 Å². The molecule has 1 heterocycles. The Kier molecular flexibility index (Phi) is 2.78. The number of nitrogens with one attached hydrogen (secondary N) is 1. The number of rotatable bonds is 0. The highest BCUT2D eigenvalue weighted by Gasteiger charge is 1.88. The molecule has 0 aliphatic heterocycles. The van der Waals surface area contributed by atoms with Crippen LogP contribution in [0.25, 0.3) is 10.9 Å². The molecule has 2 rings (SSSR count). The van der Waals surface area contributed by atoms with E-state index in [1.165, 1.54) is 5.34 Å². The van der Waals surface area contributed by atoms with E-state index in [1.54, 1.807) is 0 Å². The first-order valence-corrected chi connectivity index (χ1v) is 3.23. The van der Waals surface area contributed by atoms with Crippen molar-refractivity contribution in [1.82, 2.24) is 10.2 Å². The first-order valence-electron chi connectivity index (χ1n) is 3.23. The van der Waals surface area contributed by atoms with E-state index < -0.39 is 0 Å². The van der Waals surface area contributed by atoms with Gasteiger partial charge < -0.3 is 5.21 Å². The molecule has 0 spiro atoms. The predicted octanol–water partition coefficient (Wildman–Crippen LogP) is 1.70. The van der Waals surface area contributed by atoms with Crippen LogP contribution in [0.2, 0.25) is 0 Å². The molecule has 0 unspecified atom stereocenters. The lowest BCUT2D eigenvalue weighted by Crippen LogP contribution is -1.63. The van der Waals surface area contributed by atoms with Crippen molar-refractivity contribution in [2.45, 2.75) is 0 Å². The second kappa shape index (κ2) is 4.07. The van der Waals surface area contributed by atoms with E-state index in [1.807, 2.05) is 30.5 Å². The highest BCUT2D eigenvalue weighted by molar-refractivity contribution is 5.77. The van der Waals surface area contributed by atoms with E-state index in [9.17, 15) is 0 Å². The topological polar surface area (TPSA) is 78.3 Å². The first-order chi connectivity index (χ1) is 5.88. The zero-order valence-corrected chi connectivity index (χ0v) is 6.14. The molecule has 0 radical (unpaired) electrons. The Morgan fingerprint density at radius 1 is 1.42 bits per heavy atom. The summed E-state index contributed by atoms with van der Waals surface area (Å²) in [5, 5.41) is 15.8. The average Bonchev–Trinajstić information content (AvgIpc) is 2.52. The van der Waals surface area contributed by atoms with Crippen molar-refractivity contribution in [1.29, 1.82) is 0 Å². The molecular weight excluding hydrogens is 158 g/mol. The Balaban J connectivity index is 0.000000213. The summed E-state index contributed by atoms with van der Waals surface area (Å²) < 4.78 is 0. The van der Waals surface area contributed by atoms with Crippen LogP contribution in [-0.2, 0) is 0 Å². The third kappa shape index (κ3) is 1.79. The summed E-state index contributed by atoms with van der Waals surface area (Å²) in [7, 11) is 0. The van der Waals surface area contributed by atoms with Crippen LogP contribution in [0.3, 0.4) is 0 Å². The summed E-state index contributed by atoms with van der Waals surface area (Å²) in [6.45, 7) is 0. The monoisotopic (exact) mass is 165 g/mol. The molecule has 1 aromatic heterocycles. The average molecular weight is 165 g/mol. The van der Waals surface area contributed by atoms with Crippen LogP contribution in [0.5, 0.6) is 0 Å². The van der Waals surface area contributed by atoms with Gasteiger partial charge in [0, 0.05) is 5.39 Å². The number of para-hydroxylation sites is 1. The normalized spacial score (nSPS) is 8.67. The fourth-order valence-electron chi connectivity index (χ4n) is 0.883. The maximum atomic E-state index is 8.11. The zero-order valence-electron chi connectivity index (χ0n) is 6.14. The summed E-state index contributed by atoms with van der Waals surface area (Å²) in [5.74, 6) is 0. The van der Waals surface area contributed by atoms with Crippen molar-refractivity contribution >= 4 is 10.9 Å². The molecule has 0 saturated heterocycles. The smallest absolute Gasteiger partial charge is 0.152 e. The van der Waals surface area contributed by atoms with Crippen LogP contribution in [0.15, 0.2) is 35.8 Å². The summed E-state index contributed by atoms with van der Waals surface area (Å²) in [5.41, 5.74) is 1.09. The Hall–Kier alpha value is -1.91. The maximum absolute atomic E-state index is 8.11. The van der Waals surface area contributed by atoms with Gasteiger partial charge in [0.15, 0.2) is 5.34 Å². The summed E-state index contributed by atoms with van der Waals surface area (Å²) in [4.78, 5) is 8.11. The van der Waals surface area contributed by atoms with Crippen LogP contribution in [0.1, 0.15) is 0 Å². The highest BCUT2D eigenvalue weighted by Crippen LogP contribution is 2.06. The minimum atomic E-state index is 1.09. The van der Waals surface area contributed by atoms with Crippen molar-refractivity contribution in [3.8, 4) is 0 Å². The Morgan fingerprint density at radius 3 is 2.75 bits per heavy atom. The lowest BCUT2D eigenvalue weighted by atomic mass is 10.3. The van der Waals surface area contributed by atoms with E-state index in [2.05, 4.69) is 10.2 Å². The molecule has 0 bridgehead atoms. The van der Waals surface area contributed by atoms with Gasteiger partial charge in [0.05, 0.1) is 11.7 Å². The van der Waals surface area contributed by atoms with Gasteiger partial charge in [0.25, 0.3) is 0 Å². The summed E-state index contributed by atoms with van der Waals surface area (Å²) in [6.07, 6.45) is 1.81. The molecule has 0 aliphatic carbocycles. The molecule has 5 nitrogen and oxygen atoms in total. The van der Waals surface area contributed by atoms with Crippen molar-refractivity contribution in [3.05, 3.63) is 35.4 Å². The van der Waals surface area contributed by atoms with Gasteiger partial charge in [-0.05, 0) is 6.07 Å². The fourth-order valence-corrected chi connectivity index (χ4v) is 0.883. The number of hydrogen-bond donors (Lipinski definition) is 2. The van der Waals surface area contributed by atoms with Crippen molar-refractivity contribution in [2.24, 2.45) is 5.34 Å². The van der Waals surface area contributed by atoms with Crippen LogP contribution in [-0.4, -0.2) is 15.4 Å². The summed E-state index contributed by atoms with van der Waals surface area (Å²) in [6, 6.07) is 8.01. The first kappa shape index (κ1) is 8.19. The van der Waals surface area contributed by atoms with Crippen molar-refractivity contribution < 1.29 is 5.21 Å². The fraction of sp³-hybridized carbons (Fsp3) is 0. The van der Waals surface area contributed by atoms with Gasteiger partial charge in [-0.2, -0.15) is 5.10 Å². The number of aromatic amines is 1. The van der Waals surface area contributed by atoms with Crippen LogP contribution < -0.4 is 0 Å². The second-order valence-corrected chi connectivity index (χ2v) is 2.04. The quantitative estimate of drug-likeness (QED) is 0.460. The minimum Gasteiger partial charge on any atom is -0.379 e. The minimum absolute atomic E-state index is 1.09. The van der Waals surface area contributed by atoms with Gasteiger partial charge >= 0.3 is 0 Å². The van der Waals surface area contributed by atoms with E-state index >= 15 is 0 Å². The number of nitrogens with zero attached hydrogens (tertiary/aromatic N) is 2. The van der Waals surface area contributed by atoms with Gasteiger partial charge in [0.1, 0.15) is 0 Å². The van der Waals surface area contributed by atoms with Gasteiger partial charge in [-0.3, -0.25) is 5.10 Å². The largest absolute Gasteiger partial charge is 0.379 e. The zero-order chi connectivity index (χ0) is 8.81. The molecule has 0 fully saturated rings. The number of aromatic nitrogens is 2. The van der Waals surface area contributed by atoms with E-state index in [0.717, 1.165) is 10.9 Å². The van der Waals surface area contributed by atoms with Crippen LogP contribution in [0.4, 0.5) is 0 Å². The number of benzene rings is 1. The highest BCUT2D eigenvalue weighted by atomic mass is 16.6. The molecule has 1 aromatic carbocycles. The molecule has 2 N–H and O–H groups in total. The molecule has 0 atom stereocenters. The molecule has 0 amide bonds. The van der Waals surface area contributed by atoms with E-state index in [-0.39, 0.29) is 0 Å². The maximum Gasteiger partial charge on any atom is 0.152 e. The molecule has 0 saturated carbocycles. The van der Waals surface area contributed by atoms with E-state index in [0.29, 0.717) is 0 Å². The molecule has 12 heavy (non-hydrogen) atoms. The van der Waals surface area contributed by atoms with Gasteiger partial charge in [-0.15, -0.1) is 4.91 Å². The third-order valence-electron chi connectivity index (χ3n) is 1.35. The number of fused-ring (bicyclic) bond motifs is 1. The van der Waals surface area contributed by atoms with Crippen molar-refractivity contribution in [3.63, 3.8) is 0 Å². The Bertz CT molecular complexity index is 328. The molecule has 5 heteroatoms.